The number of alkyl halides is 3. The Morgan fingerprint density at radius 3 is 2.55 bits per heavy atom. The van der Waals surface area contributed by atoms with Gasteiger partial charge in [0.25, 0.3) is 0 Å². The lowest BCUT2D eigenvalue weighted by molar-refractivity contribution is -0.274. The molecular weight excluding hydrogens is 565 g/mol. The Balaban J connectivity index is 1.22. The molecule has 1 saturated heterocycles. The summed E-state index contributed by atoms with van der Waals surface area (Å²) in [6.07, 6.45) is -0.743. The third-order valence-corrected chi connectivity index (χ3v) is 7.43. The van der Waals surface area contributed by atoms with Crippen LogP contribution in [-0.4, -0.2) is 44.6 Å². The zero-order valence-corrected chi connectivity index (χ0v) is 23.6. The van der Waals surface area contributed by atoms with Crippen molar-refractivity contribution in [3.63, 3.8) is 0 Å². The number of carbonyl (C=O) groups is 1. The van der Waals surface area contributed by atoms with Gasteiger partial charge in [0, 0.05) is 29.7 Å². The number of amides is 2. The maximum atomic E-state index is 12.6. The number of amidine groups is 1. The van der Waals surface area contributed by atoms with Gasteiger partial charge in [0.1, 0.15) is 12.1 Å². The van der Waals surface area contributed by atoms with Crippen molar-refractivity contribution in [1.82, 2.24) is 20.1 Å². The van der Waals surface area contributed by atoms with E-state index in [0.29, 0.717) is 16.7 Å². The molecule has 0 unspecified atom stereocenters. The Labute approximate surface area is 244 Å². The van der Waals surface area contributed by atoms with Crippen LogP contribution in [0.1, 0.15) is 25.0 Å². The number of nitrogens with zero attached hydrogens (tertiary/aromatic N) is 5. The molecule has 2 amide bonds. The van der Waals surface area contributed by atoms with Crippen molar-refractivity contribution in [3.8, 4) is 22.8 Å². The third-order valence-electron chi connectivity index (χ3n) is 6.47. The Kier molecular flexibility index (Phi) is 8.62. The smallest absolute Gasteiger partial charge is 0.406 e. The first-order valence-corrected chi connectivity index (χ1v) is 14.1. The summed E-state index contributed by atoms with van der Waals surface area (Å²) >= 11 is 1.56. The molecule has 1 aliphatic heterocycles. The normalized spacial score (nSPS) is 14.8. The second-order valence-corrected chi connectivity index (χ2v) is 10.3. The molecule has 1 aromatic heterocycles. The maximum absolute atomic E-state index is 12.6. The molecule has 0 radical (unpaired) electrons. The number of allylic oxidation sites excluding steroid dienone is 1. The Morgan fingerprint density at radius 1 is 1.10 bits per heavy atom. The quantitative estimate of drug-likeness (QED) is 0.247. The van der Waals surface area contributed by atoms with E-state index in [-0.39, 0.29) is 5.75 Å². The molecule has 1 fully saturated rings. The van der Waals surface area contributed by atoms with Crippen molar-refractivity contribution in [2.45, 2.75) is 26.6 Å². The molecule has 4 aromatic rings. The van der Waals surface area contributed by atoms with Gasteiger partial charge in [-0.05, 0) is 60.4 Å². The standard InChI is InChI=1S/C30H27F3N6O2S/c1-3-21-6-4-5-7-26(21)38-16-17-42-29(38)36-28(40)34-18-20(2)22-8-10-23(11-9-22)27-35-19-39(37-27)24-12-14-25(15-13-24)41-30(31,32)33/h4-15,18-19H,3,16-17H2,1-2H3,(H,34,40)/b20-18+,36-29?. The zero-order chi connectivity index (χ0) is 29.7. The summed E-state index contributed by atoms with van der Waals surface area (Å²) in [5.74, 6) is 0.999. The molecule has 1 aliphatic rings. The second kappa shape index (κ2) is 12.5. The number of halogens is 3. The minimum atomic E-state index is -4.75. The summed E-state index contributed by atoms with van der Waals surface area (Å²) in [6, 6.07) is 20.6. The summed E-state index contributed by atoms with van der Waals surface area (Å²) in [6.45, 7) is 4.79. The summed E-state index contributed by atoms with van der Waals surface area (Å²) in [5, 5.41) is 7.87. The van der Waals surface area contributed by atoms with Gasteiger partial charge in [-0.25, -0.2) is 14.5 Å². The van der Waals surface area contributed by atoms with Crippen molar-refractivity contribution in [3.05, 3.63) is 96.5 Å². The Hall–Kier alpha value is -4.58. The van der Waals surface area contributed by atoms with Crippen molar-refractivity contribution in [1.29, 1.82) is 0 Å². The van der Waals surface area contributed by atoms with Gasteiger partial charge in [-0.2, -0.15) is 4.99 Å². The fourth-order valence-electron chi connectivity index (χ4n) is 4.37. The third kappa shape index (κ3) is 7.00. The molecule has 5 rings (SSSR count). The van der Waals surface area contributed by atoms with E-state index in [1.54, 1.807) is 18.0 Å². The van der Waals surface area contributed by atoms with E-state index in [9.17, 15) is 18.0 Å². The lowest BCUT2D eigenvalue weighted by Crippen LogP contribution is -2.27. The second-order valence-electron chi connectivity index (χ2n) is 9.29. The van der Waals surface area contributed by atoms with Crippen LogP contribution >= 0.6 is 11.8 Å². The summed E-state index contributed by atoms with van der Waals surface area (Å²) < 4.78 is 42.6. The average molecular weight is 593 g/mol. The molecule has 12 heteroatoms. The van der Waals surface area contributed by atoms with Crippen LogP contribution in [-0.2, 0) is 6.42 Å². The highest BCUT2D eigenvalue weighted by Crippen LogP contribution is 2.29. The number of rotatable bonds is 7. The number of aromatic nitrogens is 3. The van der Waals surface area contributed by atoms with E-state index in [1.807, 2.05) is 43.3 Å². The minimum Gasteiger partial charge on any atom is -0.406 e. The minimum absolute atomic E-state index is 0.314. The number of ether oxygens (including phenoxy) is 1. The van der Waals surface area contributed by atoms with E-state index >= 15 is 0 Å². The summed E-state index contributed by atoms with van der Waals surface area (Å²) in [7, 11) is 0. The lowest BCUT2D eigenvalue weighted by atomic mass is 10.1. The predicted molar refractivity (Wildman–Crippen MR) is 159 cm³/mol. The van der Waals surface area contributed by atoms with Crippen LogP contribution in [0.5, 0.6) is 5.75 Å². The van der Waals surface area contributed by atoms with E-state index < -0.39 is 12.4 Å². The van der Waals surface area contributed by atoms with Crippen molar-refractivity contribution >= 4 is 34.2 Å². The highest BCUT2D eigenvalue weighted by atomic mass is 32.2. The number of anilines is 1. The van der Waals surface area contributed by atoms with Crippen molar-refractivity contribution in [2.75, 3.05) is 17.2 Å². The first-order valence-electron chi connectivity index (χ1n) is 13.1. The molecule has 216 valence electrons. The van der Waals surface area contributed by atoms with Crippen LogP contribution in [0.2, 0.25) is 0 Å². The SMILES string of the molecule is CCc1ccccc1N1CCSC1=NC(=O)N/C=C(\C)c1ccc(-c2ncn(-c3ccc(OC(F)(F)F)cc3)n2)cc1. The molecule has 8 nitrogen and oxygen atoms in total. The van der Waals surface area contributed by atoms with Crippen molar-refractivity contribution < 1.29 is 22.7 Å². The van der Waals surface area contributed by atoms with Gasteiger partial charge >= 0.3 is 12.4 Å². The van der Waals surface area contributed by atoms with Crippen LogP contribution in [0.15, 0.2) is 90.3 Å². The van der Waals surface area contributed by atoms with Crippen LogP contribution in [0.3, 0.4) is 0 Å². The van der Waals surface area contributed by atoms with E-state index in [4.69, 9.17) is 0 Å². The fourth-order valence-corrected chi connectivity index (χ4v) is 5.32. The van der Waals surface area contributed by atoms with E-state index in [0.717, 1.165) is 41.1 Å². The zero-order valence-electron chi connectivity index (χ0n) is 22.8. The molecule has 0 spiro atoms. The Morgan fingerprint density at radius 2 is 1.83 bits per heavy atom. The van der Waals surface area contributed by atoms with Gasteiger partial charge in [-0.15, -0.1) is 18.3 Å². The lowest BCUT2D eigenvalue weighted by Gasteiger charge is -2.20. The number of aryl methyl sites for hydroxylation is 1. The molecule has 3 aromatic carbocycles. The first-order chi connectivity index (χ1) is 20.2. The van der Waals surface area contributed by atoms with Crippen molar-refractivity contribution in [2.24, 2.45) is 4.99 Å². The largest absolute Gasteiger partial charge is 0.573 e. The Bertz CT molecular complexity index is 1620. The summed E-state index contributed by atoms with van der Waals surface area (Å²) in [4.78, 5) is 23.4. The fraction of sp³-hybridized carbons (Fsp3) is 0.200. The van der Waals surface area contributed by atoms with Gasteiger partial charge in [-0.3, -0.25) is 0 Å². The number of para-hydroxylation sites is 1. The number of urea groups is 1. The highest BCUT2D eigenvalue weighted by Gasteiger charge is 2.31. The van der Waals surface area contributed by atoms with Gasteiger partial charge in [0.2, 0.25) is 0 Å². The molecule has 0 aliphatic carbocycles. The number of carbonyl (C=O) groups excluding carboxylic acids is 1. The molecule has 42 heavy (non-hydrogen) atoms. The van der Waals surface area contributed by atoms with Gasteiger partial charge in [0.15, 0.2) is 11.0 Å². The number of benzene rings is 3. The first kappa shape index (κ1) is 28.9. The van der Waals surface area contributed by atoms with E-state index in [1.165, 1.54) is 40.8 Å². The molecule has 2 heterocycles. The molecule has 0 bridgehead atoms. The van der Waals surface area contributed by atoms with Crippen LogP contribution in [0.4, 0.5) is 23.7 Å². The topological polar surface area (TPSA) is 84.6 Å². The van der Waals surface area contributed by atoms with Crippen LogP contribution in [0.25, 0.3) is 22.6 Å². The molecule has 1 N–H and O–H groups in total. The van der Waals surface area contributed by atoms with Gasteiger partial charge < -0.3 is 15.0 Å². The van der Waals surface area contributed by atoms with Gasteiger partial charge in [-0.1, -0.05) is 61.2 Å². The molecule has 0 atom stereocenters. The van der Waals surface area contributed by atoms with E-state index in [2.05, 4.69) is 49.1 Å². The number of hydrogen-bond acceptors (Lipinski definition) is 5. The average Bonchev–Trinajstić information content (AvgIpc) is 3.66. The van der Waals surface area contributed by atoms with Gasteiger partial charge in [0.05, 0.1) is 5.69 Å². The number of hydrogen-bond donors (Lipinski definition) is 1. The highest BCUT2D eigenvalue weighted by molar-refractivity contribution is 8.14. The number of thioether (sulfide) groups is 1. The predicted octanol–water partition coefficient (Wildman–Crippen LogP) is 7.08. The van der Waals surface area contributed by atoms with Crippen LogP contribution in [0, 0.1) is 0 Å². The van der Waals surface area contributed by atoms with Crippen LogP contribution < -0.4 is 15.0 Å². The molecule has 0 saturated carbocycles. The number of nitrogens with one attached hydrogen (secondary N) is 1. The molecular formula is C30H27F3N6O2S. The summed E-state index contributed by atoms with van der Waals surface area (Å²) in [5.41, 5.74) is 5.30. The number of aliphatic imine (C=N–C) groups is 1. The maximum Gasteiger partial charge on any atom is 0.573 e. The monoisotopic (exact) mass is 592 g/mol.